The van der Waals surface area contributed by atoms with Gasteiger partial charge in [-0.15, -0.1) is 0 Å². The van der Waals surface area contributed by atoms with Gasteiger partial charge in [0.05, 0.1) is 5.54 Å². The SMILES string of the molecule is C=CCOc1ccc(-c2nc(C3(N)CCCC3)no2)cc1. The van der Waals surface area contributed by atoms with Crippen molar-refractivity contribution in [1.29, 1.82) is 0 Å². The van der Waals surface area contributed by atoms with E-state index in [9.17, 15) is 0 Å². The molecular formula is C16H19N3O2. The minimum Gasteiger partial charge on any atom is -0.490 e. The van der Waals surface area contributed by atoms with E-state index in [1.807, 2.05) is 24.3 Å². The van der Waals surface area contributed by atoms with Gasteiger partial charge in [-0.3, -0.25) is 0 Å². The molecule has 0 atom stereocenters. The van der Waals surface area contributed by atoms with Crippen LogP contribution in [-0.4, -0.2) is 16.7 Å². The molecule has 5 heteroatoms. The van der Waals surface area contributed by atoms with Crippen LogP contribution in [0.5, 0.6) is 5.75 Å². The fraction of sp³-hybridized carbons (Fsp3) is 0.375. The number of nitrogens with zero attached hydrogens (tertiary/aromatic N) is 2. The number of hydrogen-bond donors (Lipinski definition) is 1. The number of hydrogen-bond acceptors (Lipinski definition) is 5. The number of benzene rings is 1. The molecule has 0 spiro atoms. The Morgan fingerprint density at radius 1 is 1.29 bits per heavy atom. The average Bonchev–Trinajstić information content (AvgIpc) is 3.15. The first kappa shape index (κ1) is 13.8. The van der Waals surface area contributed by atoms with Crippen molar-refractivity contribution < 1.29 is 9.26 Å². The highest BCUT2D eigenvalue weighted by Crippen LogP contribution is 2.35. The van der Waals surface area contributed by atoms with Gasteiger partial charge in [-0.25, -0.2) is 0 Å². The second kappa shape index (κ2) is 5.69. The van der Waals surface area contributed by atoms with Crippen LogP contribution in [0.3, 0.4) is 0 Å². The Labute approximate surface area is 123 Å². The Morgan fingerprint density at radius 2 is 2.00 bits per heavy atom. The number of rotatable bonds is 5. The molecule has 0 saturated heterocycles. The summed E-state index contributed by atoms with van der Waals surface area (Å²) < 4.78 is 10.8. The van der Waals surface area contributed by atoms with Crippen molar-refractivity contribution in [2.75, 3.05) is 6.61 Å². The van der Waals surface area contributed by atoms with Crippen LogP contribution in [0, 0.1) is 0 Å². The quantitative estimate of drug-likeness (QED) is 0.855. The van der Waals surface area contributed by atoms with Crippen LogP contribution in [0.2, 0.25) is 0 Å². The van der Waals surface area contributed by atoms with E-state index in [1.165, 1.54) is 0 Å². The van der Waals surface area contributed by atoms with Gasteiger partial charge >= 0.3 is 0 Å². The fourth-order valence-electron chi connectivity index (χ4n) is 2.62. The lowest BCUT2D eigenvalue weighted by Crippen LogP contribution is -2.34. The summed E-state index contributed by atoms with van der Waals surface area (Å²) in [5.74, 6) is 1.89. The highest BCUT2D eigenvalue weighted by atomic mass is 16.5. The molecule has 21 heavy (non-hydrogen) atoms. The largest absolute Gasteiger partial charge is 0.490 e. The zero-order valence-corrected chi connectivity index (χ0v) is 11.9. The van der Waals surface area contributed by atoms with E-state index in [2.05, 4.69) is 16.7 Å². The van der Waals surface area contributed by atoms with E-state index in [1.54, 1.807) is 6.08 Å². The average molecular weight is 285 g/mol. The summed E-state index contributed by atoms with van der Waals surface area (Å²) in [5.41, 5.74) is 6.78. The first-order chi connectivity index (χ1) is 10.2. The maximum Gasteiger partial charge on any atom is 0.257 e. The standard InChI is InChI=1S/C16H19N3O2/c1-2-11-20-13-7-5-12(6-8-13)14-18-15(19-21-14)16(17)9-3-4-10-16/h2,5-8H,1,3-4,9-11,17H2. The predicted octanol–water partition coefficient (Wildman–Crippen LogP) is 3.03. The van der Waals surface area contributed by atoms with Crippen molar-refractivity contribution in [3.63, 3.8) is 0 Å². The van der Waals surface area contributed by atoms with Crippen molar-refractivity contribution in [1.82, 2.24) is 10.1 Å². The minimum atomic E-state index is -0.422. The van der Waals surface area contributed by atoms with Gasteiger partial charge in [0.1, 0.15) is 12.4 Å². The summed E-state index contributed by atoms with van der Waals surface area (Å²) in [5, 5.41) is 4.06. The van der Waals surface area contributed by atoms with Crippen LogP contribution in [-0.2, 0) is 5.54 Å². The zero-order valence-electron chi connectivity index (χ0n) is 11.9. The summed E-state index contributed by atoms with van der Waals surface area (Å²) in [6, 6.07) is 7.54. The summed E-state index contributed by atoms with van der Waals surface area (Å²) in [6.07, 6.45) is 5.78. The Kier molecular flexibility index (Phi) is 3.75. The summed E-state index contributed by atoms with van der Waals surface area (Å²) in [4.78, 5) is 4.47. The van der Waals surface area contributed by atoms with E-state index < -0.39 is 5.54 Å². The molecule has 0 aliphatic heterocycles. The number of nitrogens with two attached hydrogens (primary N) is 1. The van der Waals surface area contributed by atoms with Gasteiger partial charge in [-0.1, -0.05) is 30.7 Å². The monoisotopic (exact) mass is 285 g/mol. The molecule has 5 nitrogen and oxygen atoms in total. The third kappa shape index (κ3) is 2.83. The number of aromatic nitrogens is 2. The molecule has 1 fully saturated rings. The maximum atomic E-state index is 6.34. The van der Waals surface area contributed by atoms with Crippen LogP contribution < -0.4 is 10.5 Å². The first-order valence-electron chi connectivity index (χ1n) is 7.18. The van der Waals surface area contributed by atoms with Gasteiger partial charge in [0.2, 0.25) is 0 Å². The molecule has 0 unspecified atom stereocenters. The Bertz CT molecular complexity index is 613. The molecule has 0 radical (unpaired) electrons. The van der Waals surface area contributed by atoms with Gasteiger partial charge in [0.25, 0.3) is 5.89 Å². The molecule has 110 valence electrons. The smallest absolute Gasteiger partial charge is 0.257 e. The molecular weight excluding hydrogens is 266 g/mol. The highest BCUT2D eigenvalue weighted by molar-refractivity contribution is 5.54. The first-order valence-corrected chi connectivity index (χ1v) is 7.18. The second-order valence-corrected chi connectivity index (χ2v) is 5.41. The lowest BCUT2D eigenvalue weighted by atomic mass is 9.99. The van der Waals surface area contributed by atoms with Gasteiger partial charge in [-0.05, 0) is 37.1 Å². The van der Waals surface area contributed by atoms with E-state index in [0.29, 0.717) is 18.3 Å². The van der Waals surface area contributed by atoms with Gasteiger partial charge in [0, 0.05) is 5.56 Å². The molecule has 0 amide bonds. The molecule has 1 aromatic heterocycles. The van der Waals surface area contributed by atoms with Gasteiger partial charge in [0.15, 0.2) is 5.82 Å². The highest BCUT2D eigenvalue weighted by Gasteiger charge is 2.36. The van der Waals surface area contributed by atoms with E-state index in [4.69, 9.17) is 15.0 Å². The van der Waals surface area contributed by atoms with Gasteiger partial charge in [-0.2, -0.15) is 4.98 Å². The minimum absolute atomic E-state index is 0.422. The summed E-state index contributed by atoms with van der Waals surface area (Å²) >= 11 is 0. The van der Waals surface area contributed by atoms with Gasteiger partial charge < -0.3 is 15.0 Å². The van der Waals surface area contributed by atoms with Crippen LogP contribution in [0.4, 0.5) is 0 Å². The topological polar surface area (TPSA) is 74.2 Å². The van der Waals surface area contributed by atoms with E-state index >= 15 is 0 Å². The zero-order chi connectivity index (χ0) is 14.7. The van der Waals surface area contributed by atoms with Crippen molar-refractivity contribution in [2.24, 2.45) is 5.73 Å². The molecule has 0 bridgehead atoms. The van der Waals surface area contributed by atoms with Crippen LogP contribution in [0.25, 0.3) is 11.5 Å². The Balaban J connectivity index is 1.78. The number of ether oxygens (including phenoxy) is 1. The normalized spacial score (nSPS) is 16.8. The molecule has 1 aliphatic carbocycles. The van der Waals surface area contributed by atoms with Crippen LogP contribution >= 0.6 is 0 Å². The molecule has 1 aliphatic rings. The third-order valence-electron chi connectivity index (χ3n) is 3.84. The summed E-state index contributed by atoms with van der Waals surface area (Å²) in [7, 11) is 0. The fourth-order valence-corrected chi connectivity index (χ4v) is 2.62. The van der Waals surface area contributed by atoms with Crippen LogP contribution in [0.15, 0.2) is 41.4 Å². The van der Waals surface area contributed by atoms with Crippen LogP contribution in [0.1, 0.15) is 31.5 Å². The summed E-state index contributed by atoms with van der Waals surface area (Å²) in [6.45, 7) is 4.10. The lowest BCUT2D eigenvalue weighted by molar-refractivity contribution is 0.363. The molecule has 2 aromatic rings. The predicted molar refractivity (Wildman–Crippen MR) is 79.8 cm³/mol. The molecule has 3 rings (SSSR count). The maximum absolute atomic E-state index is 6.34. The lowest BCUT2D eigenvalue weighted by Gasteiger charge is -2.17. The third-order valence-corrected chi connectivity index (χ3v) is 3.84. The van der Waals surface area contributed by atoms with Crippen molar-refractivity contribution in [2.45, 2.75) is 31.2 Å². The van der Waals surface area contributed by atoms with Crippen molar-refractivity contribution >= 4 is 0 Å². The second-order valence-electron chi connectivity index (χ2n) is 5.41. The van der Waals surface area contributed by atoms with E-state index in [0.717, 1.165) is 37.0 Å². The molecule has 1 saturated carbocycles. The van der Waals surface area contributed by atoms with Crippen molar-refractivity contribution in [3.05, 3.63) is 42.7 Å². The van der Waals surface area contributed by atoms with Crippen molar-refractivity contribution in [3.8, 4) is 17.2 Å². The molecule has 1 heterocycles. The molecule has 2 N–H and O–H groups in total. The molecule has 1 aromatic carbocycles. The Hall–Kier alpha value is -2.14. The Morgan fingerprint density at radius 3 is 2.67 bits per heavy atom. The van der Waals surface area contributed by atoms with E-state index in [-0.39, 0.29) is 0 Å².